The molecule has 0 saturated heterocycles. The maximum atomic E-state index is 12.8. The maximum absolute atomic E-state index is 12.8. The summed E-state index contributed by atoms with van der Waals surface area (Å²) in [7, 11) is 0. The van der Waals surface area contributed by atoms with E-state index >= 15 is 0 Å². The van der Waals surface area contributed by atoms with Crippen molar-refractivity contribution in [2.75, 3.05) is 19.8 Å². The van der Waals surface area contributed by atoms with Gasteiger partial charge in [0.1, 0.15) is 6.61 Å². The van der Waals surface area contributed by atoms with Crippen LogP contribution >= 0.6 is 0 Å². The second-order valence-electron chi connectivity index (χ2n) is 18.8. The molecule has 0 heterocycles. The van der Waals surface area contributed by atoms with Gasteiger partial charge in [0.25, 0.3) is 0 Å². The van der Waals surface area contributed by atoms with Gasteiger partial charge in [-0.3, -0.25) is 9.59 Å². The molecule has 0 radical (unpaired) electrons. The van der Waals surface area contributed by atoms with E-state index in [4.69, 9.17) is 14.2 Å². The van der Waals surface area contributed by atoms with E-state index in [0.29, 0.717) is 26.1 Å². The van der Waals surface area contributed by atoms with Crippen molar-refractivity contribution in [1.82, 2.24) is 0 Å². The molecule has 0 aliphatic heterocycles. The van der Waals surface area contributed by atoms with Gasteiger partial charge in [0.05, 0.1) is 6.61 Å². The molecular weight excluding hydrogens is 765 g/mol. The molecule has 0 aromatic heterocycles. The standard InChI is InChI=1S/C57H108O5/c1-4-7-10-13-16-19-22-25-27-29-30-33-36-39-42-45-48-51-57(59)62-55(54-61-56(58)50-47-44-41-38-35-32-24-21-18-15-12-9-6-3)53-60-52-49-46-43-40-37-34-31-28-26-23-20-17-14-11-8-5-2/h21,24-25,27,55H,4-20,22-23,26,28-54H2,1-3H3/b24-21-,27-25-/t55-/m1/s1. The molecule has 0 saturated carbocycles. The molecule has 0 fully saturated rings. The van der Waals surface area contributed by atoms with Crippen LogP contribution in [0.25, 0.3) is 0 Å². The van der Waals surface area contributed by atoms with Crippen LogP contribution in [0, 0.1) is 0 Å². The lowest BCUT2D eigenvalue weighted by atomic mass is 10.0. The summed E-state index contributed by atoms with van der Waals surface area (Å²) in [6, 6.07) is 0. The van der Waals surface area contributed by atoms with Gasteiger partial charge in [-0.05, 0) is 70.6 Å². The Balaban J connectivity index is 4.23. The highest BCUT2D eigenvalue weighted by Crippen LogP contribution is 2.16. The molecular formula is C57H108O5. The zero-order chi connectivity index (χ0) is 44.9. The lowest BCUT2D eigenvalue weighted by Crippen LogP contribution is -2.30. The third-order valence-corrected chi connectivity index (χ3v) is 12.5. The van der Waals surface area contributed by atoms with Crippen molar-refractivity contribution in [3.05, 3.63) is 24.3 Å². The molecule has 5 heteroatoms. The van der Waals surface area contributed by atoms with Gasteiger partial charge in [-0.25, -0.2) is 0 Å². The van der Waals surface area contributed by atoms with Crippen molar-refractivity contribution in [1.29, 1.82) is 0 Å². The van der Waals surface area contributed by atoms with E-state index in [1.807, 2.05) is 0 Å². The topological polar surface area (TPSA) is 61.8 Å². The predicted molar refractivity (Wildman–Crippen MR) is 270 cm³/mol. The van der Waals surface area contributed by atoms with Gasteiger partial charge < -0.3 is 14.2 Å². The Hall–Kier alpha value is -1.62. The highest BCUT2D eigenvalue weighted by molar-refractivity contribution is 5.70. The van der Waals surface area contributed by atoms with E-state index in [0.717, 1.165) is 44.9 Å². The van der Waals surface area contributed by atoms with Crippen LogP contribution in [0.1, 0.15) is 303 Å². The van der Waals surface area contributed by atoms with Crippen molar-refractivity contribution < 1.29 is 23.8 Å². The smallest absolute Gasteiger partial charge is 0.306 e. The molecule has 0 aliphatic carbocycles. The fraction of sp³-hybridized carbons (Fsp3) is 0.895. The largest absolute Gasteiger partial charge is 0.462 e. The van der Waals surface area contributed by atoms with Gasteiger partial charge in [0.2, 0.25) is 0 Å². The van der Waals surface area contributed by atoms with Gasteiger partial charge in [0, 0.05) is 19.4 Å². The van der Waals surface area contributed by atoms with Crippen LogP contribution in [0.3, 0.4) is 0 Å². The number of unbranched alkanes of at least 4 members (excludes halogenated alkanes) is 37. The summed E-state index contributed by atoms with van der Waals surface area (Å²) in [6.45, 7) is 7.86. The minimum Gasteiger partial charge on any atom is -0.462 e. The second-order valence-corrected chi connectivity index (χ2v) is 18.8. The Morgan fingerprint density at radius 1 is 0.339 bits per heavy atom. The van der Waals surface area contributed by atoms with Crippen LogP contribution in [-0.4, -0.2) is 37.9 Å². The summed E-state index contributed by atoms with van der Waals surface area (Å²) >= 11 is 0. The third kappa shape index (κ3) is 51.0. The first-order valence-corrected chi connectivity index (χ1v) is 27.9. The number of carbonyl (C=O) groups is 2. The number of hydrogen-bond acceptors (Lipinski definition) is 5. The molecule has 0 unspecified atom stereocenters. The molecule has 0 amide bonds. The number of hydrogen-bond donors (Lipinski definition) is 0. The third-order valence-electron chi connectivity index (χ3n) is 12.5. The molecule has 0 aliphatic rings. The van der Waals surface area contributed by atoms with Crippen molar-refractivity contribution in [2.45, 2.75) is 309 Å². The van der Waals surface area contributed by atoms with Crippen LogP contribution in [0.4, 0.5) is 0 Å². The van der Waals surface area contributed by atoms with E-state index in [1.165, 1.54) is 225 Å². The van der Waals surface area contributed by atoms with Crippen LogP contribution in [-0.2, 0) is 23.8 Å². The Kier molecular flexibility index (Phi) is 52.3. The molecule has 0 N–H and O–H groups in total. The Labute approximate surface area is 387 Å². The van der Waals surface area contributed by atoms with Gasteiger partial charge in [-0.2, -0.15) is 0 Å². The SMILES string of the molecule is CCCCCC/C=C\CCCCCCCC(=O)OC[C@@H](COCCCCCCCCCCCCCCCCCC)OC(=O)CCCCCCCCC/C=C\CCCCCCCC. The first-order chi connectivity index (χ1) is 30.6. The second kappa shape index (κ2) is 53.7. The van der Waals surface area contributed by atoms with Gasteiger partial charge >= 0.3 is 11.9 Å². The summed E-state index contributed by atoms with van der Waals surface area (Å²) in [4.78, 5) is 25.4. The molecule has 0 aromatic carbocycles. The molecule has 0 rings (SSSR count). The van der Waals surface area contributed by atoms with Crippen molar-refractivity contribution >= 4 is 11.9 Å². The molecule has 5 nitrogen and oxygen atoms in total. The fourth-order valence-corrected chi connectivity index (χ4v) is 8.27. The summed E-state index contributed by atoms with van der Waals surface area (Å²) in [6.07, 6.45) is 63.3. The van der Waals surface area contributed by atoms with Crippen LogP contribution < -0.4 is 0 Å². The van der Waals surface area contributed by atoms with Gasteiger partial charge in [-0.1, -0.05) is 244 Å². The normalized spacial score (nSPS) is 12.2. The molecule has 0 aromatic rings. The number of ether oxygens (including phenoxy) is 3. The van der Waals surface area contributed by atoms with Crippen LogP contribution in [0.15, 0.2) is 24.3 Å². The van der Waals surface area contributed by atoms with E-state index in [9.17, 15) is 9.59 Å². The number of esters is 2. The number of carbonyl (C=O) groups excluding carboxylic acids is 2. The monoisotopic (exact) mass is 873 g/mol. The maximum Gasteiger partial charge on any atom is 0.306 e. The van der Waals surface area contributed by atoms with Crippen molar-refractivity contribution in [3.8, 4) is 0 Å². The average molecular weight is 873 g/mol. The summed E-state index contributed by atoms with van der Waals surface area (Å²) in [5, 5.41) is 0. The number of allylic oxidation sites excluding steroid dienone is 4. The minimum absolute atomic E-state index is 0.0859. The van der Waals surface area contributed by atoms with E-state index in [1.54, 1.807) is 0 Å². The minimum atomic E-state index is -0.535. The molecule has 1 atom stereocenters. The van der Waals surface area contributed by atoms with Gasteiger partial charge in [0.15, 0.2) is 6.10 Å². The Morgan fingerprint density at radius 3 is 1.00 bits per heavy atom. The summed E-state index contributed by atoms with van der Waals surface area (Å²) in [5.74, 6) is -0.393. The molecule has 0 spiro atoms. The van der Waals surface area contributed by atoms with E-state index in [-0.39, 0.29) is 18.5 Å². The van der Waals surface area contributed by atoms with Crippen LogP contribution in [0.2, 0.25) is 0 Å². The zero-order valence-corrected chi connectivity index (χ0v) is 42.2. The van der Waals surface area contributed by atoms with Gasteiger partial charge in [-0.15, -0.1) is 0 Å². The highest BCUT2D eigenvalue weighted by atomic mass is 16.6. The quantitative estimate of drug-likeness (QED) is 0.0346. The number of rotatable bonds is 52. The predicted octanol–water partition coefficient (Wildman–Crippen LogP) is 18.8. The van der Waals surface area contributed by atoms with E-state index < -0.39 is 6.10 Å². The molecule has 62 heavy (non-hydrogen) atoms. The molecule has 0 bridgehead atoms. The van der Waals surface area contributed by atoms with Crippen LogP contribution in [0.5, 0.6) is 0 Å². The zero-order valence-electron chi connectivity index (χ0n) is 42.2. The first kappa shape index (κ1) is 60.4. The van der Waals surface area contributed by atoms with Crippen molar-refractivity contribution in [3.63, 3.8) is 0 Å². The average Bonchev–Trinajstić information content (AvgIpc) is 3.27. The summed E-state index contributed by atoms with van der Waals surface area (Å²) in [5.41, 5.74) is 0. The highest BCUT2D eigenvalue weighted by Gasteiger charge is 2.17. The molecule has 366 valence electrons. The first-order valence-electron chi connectivity index (χ1n) is 27.9. The lowest BCUT2D eigenvalue weighted by Gasteiger charge is -2.18. The fourth-order valence-electron chi connectivity index (χ4n) is 8.27. The van der Waals surface area contributed by atoms with Crippen molar-refractivity contribution in [2.24, 2.45) is 0 Å². The Bertz CT molecular complexity index is 943. The van der Waals surface area contributed by atoms with E-state index in [2.05, 4.69) is 45.1 Å². The Morgan fingerprint density at radius 2 is 0.629 bits per heavy atom. The lowest BCUT2D eigenvalue weighted by molar-refractivity contribution is -0.163. The summed E-state index contributed by atoms with van der Waals surface area (Å²) < 4.78 is 17.5.